The Morgan fingerprint density at radius 1 is 1.11 bits per heavy atom. The average Bonchev–Trinajstić information content (AvgIpc) is 3.08. The van der Waals surface area contributed by atoms with Gasteiger partial charge >= 0.3 is 0 Å². The van der Waals surface area contributed by atoms with Gasteiger partial charge in [0.1, 0.15) is 11.5 Å². The summed E-state index contributed by atoms with van der Waals surface area (Å²) in [5, 5.41) is 11.9. The second-order valence-electron chi connectivity index (χ2n) is 9.26. The van der Waals surface area contributed by atoms with E-state index in [0.29, 0.717) is 36.2 Å². The van der Waals surface area contributed by atoms with Crippen LogP contribution < -0.4 is 4.74 Å². The minimum Gasteiger partial charge on any atom is -0.507 e. The van der Waals surface area contributed by atoms with Gasteiger partial charge in [0.05, 0.1) is 18.2 Å². The summed E-state index contributed by atoms with van der Waals surface area (Å²) >= 11 is 6.10. The highest BCUT2D eigenvalue weighted by Gasteiger charge is 2.46. The molecular weight excluding hydrogens is 464 g/mol. The minimum atomic E-state index is -0.694. The van der Waals surface area contributed by atoms with Gasteiger partial charge in [-0.1, -0.05) is 51.4 Å². The van der Waals surface area contributed by atoms with E-state index in [0.717, 1.165) is 30.0 Å². The zero-order valence-corrected chi connectivity index (χ0v) is 21.9. The highest BCUT2D eigenvalue weighted by molar-refractivity contribution is 6.46. The Morgan fingerprint density at radius 2 is 1.77 bits per heavy atom. The van der Waals surface area contributed by atoms with Crippen LogP contribution >= 0.6 is 11.6 Å². The third-order valence-electron chi connectivity index (χ3n) is 6.30. The first-order valence-electron chi connectivity index (χ1n) is 12.2. The fourth-order valence-electron chi connectivity index (χ4n) is 4.26. The third-order valence-corrected chi connectivity index (χ3v) is 6.55. The monoisotopic (exact) mass is 498 g/mol. The molecule has 3 rings (SSSR count). The van der Waals surface area contributed by atoms with Gasteiger partial charge in [-0.3, -0.25) is 9.59 Å². The van der Waals surface area contributed by atoms with Crippen molar-refractivity contribution in [2.75, 3.05) is 32.8 Å². The maximum Gasteiger partial charge on any atom is 0.295 e. The SMILES string of the molecule is CCN(CC)CCN1C(=O)C(=O)C(=C(O)c2ccc(OCC(C)C)c(C)c2)[C@@H]1c1ccc(Cl)cc1. The van der Waals surface area contributed by atoms with Crippen LogP contribution in [0, 0.1) is 12.8 Å². The van der Waals surface area contributed by atoms with Crippen molar-refractivity contribution >= 4 is 29.1 Å². The number of likely N-dealkylation sites (N-methyl/N-ethyl adjacent to an activating group) is 1. The summed E-state index contributed by atoms with van der Waals surface area (Å²) < 4.78 is 5.85. The van der Waals surface area contributed by atoms with Crippen molar-refractivity contribution in [3.05, 3.63) is 69.8 Å². The summed E-state index contributed by atoms with van der Waals surface area (Å²) in [5.41, 5.74) is 2.13. The van der Waals surface area contributed by atoms with Gasteiger partial charge in [-0.15, -0.1) is 0 Å². The number of halogens is 1. The van der Waals surface area contributed by atoms with E-state index in [1.165, 1.54) is 0 Å². The van der Waals surface area contributed by atoms with Crippen LogP contribution in [0.25, 0.3) is 5.76 Å². The highest BCUT2D eigenvalue weighted by atomic mass is 35.5. The predicted molar refractivity (Wildman–Crippen MR) is 140 cm³/mol. The van der Waals surface area contributed by atoms with Crippen LogP contribution in [0.1, 0.15) is 50.4 Å². The lowest BCUT2D eigenvalue weighted by Gasteiger charge is -2.28. The molecule has 0 saturated carbocycles. The molecule has 1 saturated heterocycles. The first-order chi connectivity index (χ1) is 16.7. The number of rotatable bonds is 10. The Morgan fingerprint density at radius 3 is 2.34 bits per heavy atom. The minimum absolute atomic E-state index is 0.0899. The largest absolute Gasteiger partial charge is 0.507 e. The molecule has 1 amide bonds. The molecular formula is C28H35ClN2O4. The number of hydrogen-bond donors (Lipinski definition) is 1. The van der Waals surface area contributed by atoms with E-state index >= 15 is 0 Å². The van der Waals surface area contributed by atoms with Gasteiger partial charge in [0.25, 0.3) is 11.7 Å². The van der Waals surface area contributed by atoms with Gasteiger partial charge in [-0.05, 0) is 67.4 Å². The molecule has 35 heavy (non-hydrogen) atoms. The number of benzene rings is 2. The number of ether oxygens (including phenoxy) is 1. The lowest BCUT2D eigenvalue weighted by atomic mass is 9.95. The number of hydrogen-bond acceptors (Lipinski definition) is 5. The Labute approximate surface area is 213 Å². The summed E-state index contributed by atoms with van der Waals surface area (Å²) in [6, 6.07) is 11.7. The van der Waals surface area contributed by atoms with Crippen molar-refractivity contribution in [3.63, 3.8) is 0 Å². The summed E-state index contributed by atoms with van der Waals surface area (Å²) in [7, 11) is 0. The molecule has 1 heterocycles. The maximum absolute atomic E-state index is 13.2. The van der Waals surface area contributed by atoms with Gasteiger partial charge in [0.15, 0.2) is 0 Å². The number of aliphatic hydroxyl groups excluding tert-OH is 1. The second-order valence-corrected chi connectivity index (χ2v) is 9.69. The molecule has 6 nitrogen and oxygen atoms in total. The normalized spacial score (nSPS) is 17.6. The van der Waals surface area contributed by atoms with Crippen LogP contribution in [0.4, 0.5) is 0 Å². The van der Waals surface area contributed by atoms with Crippen LogP contribution in [0.15, 0.2) is 48.0 Å². The van der Waals surface area contributed by atoms with Crippen LogP contribution in [-0.4, -0.2) is 59.4 Å². The van der Waals surface area contributed by atoms with Crippen molar-refractivity contribution in [2.24, 2.45) is 5.92 Å². The van der Waals surface area contributed by atoms with Gasteiger partial charge in [0, 0.05) is 23.7 Å². The standard InChI is InChI=1S/C28H35ClN2O4/c1-6-30(7-2)14-15-31-25(20-8-11-22(29)12-9-20)24(27(33)28(31)34)26(32)21-10-13-23(19(5)16-21)35-17-18(3)4/h8-13,16,18,25,32H,6-7,14-15,17H2,1-5H3/t25-/m0/s1. The summed E-state index contributed by atoms with van der Waals surface area (Å²) in [4.78, 5) is 30.1. The number of likely N-dealkylation sites (tertiary alicyclic amines) is 1. The molecule has 1 aliphatic rings. The third kappa shape index (κ3) is 6.06. The molecule has 7 heteroatoms. The zero-order valence-electron chi connectivity index (χ0n) is 21.2. The van der Waals surface area contributed by atoms with E-state index in [1.807, 2.05) is 6.92 Å². The number of nitrogens with zero attached hydrogens (tertiary/aromatic N) is 2. The van der Waals surface area contributed by atoms with Crippen LogP contribution in [0.5, 0.6) is 5.75 Å². The highest BCUT2D eigenvalue weighted by Crippen LogP contribution is 2.40. The van der Waals surface area contributed by atoms with Crippen molar-refractivity contribution in [1.82, 2.24) is 9.80 Å². The lowest BCUT2D eigenvalue weighted by molar-refractivity contribution is -0.140. The molecule has 2 aromatic carbocycles. The number of ketones is 1. The van der Waals surface area contributed by atoms with E-state index in [-0.39, 0.29) is 11.3 Å². The molecule has 0 aromatic heterocycles. The lowest BCUT2D eigenvalue weighted by Crippen LogP contribution is -2.38. The van der Waals surface area contributed by atoms with E-state index in [4.69, 9.17) is 16.3 Å². The molecule has 2 aromatic rings. The molecule has 0 bridgehead atoms. The van der Waals surface area contributed by atoms with Gasteiger partial charge in [-0.2, -0.15) is 0 Å². The van der Waals surface area contributed by atoms with E-state index in [9.17, 15) is 14.7 Å². The van der Waals surface area contributed by atoms with Crippen molar-refractivity contribution in [3.8, 4) is 5.75 Å². The zero-order chi connectivity index (χ0) is 25.7. The molecule has 1 aliphatic heterocycles. The van der Waals surface area contributed by atoms with Crippen molar-refractivity contribution in [1.29, 1.82) is 0 Å². The molecule has 0 unspecified atom stereocenters. The van der Waals surface area contributed by atoms with Crippen LogP contribution in [0.3, 0.4) is 0 Å². The number of carbonyl (C=O) groups is 2. The van der Waals surface area contributed by atoms with Gasteiger partial charge in [-0.25, -0.2) is 0 Å². The number of aryl methyl sites for hydroxylation is 1. The van der Waals surface area contributed by atoms with Gasteiger partial charge < -0.3 is 19.6 Å². The summed E-state index contributed by atoms with van der Waals surface area (Å²) in [5.74, 6) is -0.363. The molecule has 0 spiro atoms. The average molecular weight is 499 g/mol. The number of carbonyl (C=O) groups excluding carboxylic acids is 2. The Balaban J connectivity index is 2.04. The summed E-state index contributed by atoms with van der Waals surface area (Å²) in [6.45, 7) is 13.4. The van der Waals surface area contributed by atoms with Crippen LogP contribution in [0.2, 0.25) is 5.02 Å². The maximum atomic E-state index is 13.2. The Bertz CT molecular complexity index is 1090. The Hall–Kier alpha value is -2.83. The molecule has 188 valence electrons. The Kier molecular flexibility index (Phi) is 8.98. The smallest absolute Gasteiger partial charge is 0.295 e. The van der Waals surface area contributed by atoms with Gasteiger partial charge in [0.2, 0.25) is 0 Å². The van der Waals surface area contributed by atoms with E-state index in [2.05, 4.69) is 32.6 Å². The van der Waals surface area contributed by atoms with E-state index < -0.39 is 17.7 Å². The van der Waals surface area contributed by atoms with Crippen molar-refractivity contribution in [2.45, 2.75) is 40.7 Å². The van der Waals surface area contributed by atoms with E-state index in [1.54, 1.807) is 47.4 Å². The first-order valence-corrected chi connectivity index (χ1v) is 12.6. The topological polar surface area (TPSA) is 70.1 Å². The fraction of sp³-hybridized carbons (Fsp3) is 0.429. The predicted octanol–water partition coefficient (Wildman–Crippen LogP) is 5.45. The first kappa shape index (κ1) is 26.8. The second kappa shape index (κ2) is 11.7. The number of Topliss-reactive ketones (excluding diaryl/α,β-unsaturated/α-hetero) is 1. The molecule has 1 N–H and O–H groups in total. The molecule has 1 fully saturated rings. The summed E-state index contributed by atoms with van der Waals surface area (Å²) in [6.07, 6.45) is 0. The number of amides is 1. The molecule has 0 radical (unpaired) electrons. The quantitative estimate of drug-likeness (QED) is 0.268. The number of aliphatic hydroxyl groups is 1. The molecule has 1 atom stereocenters. The fourth-order valence-corrected chi connectivity index (χ4v) is 4.39. The van der Waals surface area contributed by atoms with Crippen molar-refractivity contribution < 1.29 is 19.4 Å². The molecule has 0 aliphatic carbocycles. The van der Waals surface area contributed by atoms with Crippen LogP contribution in [-0.2, 0) is 9.59 Å².